The van der Waals surface area contributed by atoms with Gasteiger partial charge in [-0.2, -0.15) is 13.2 Å². The molecular formula is C12H10BrF3N2S. The summed E-state index contributed by atoms with van der Waals surface area (Å²) < 4.78 is 38.4. The number of aryl methyl sites for hydroxylation is 1. The molecule has 0 aliphatic carbocycles. The molecule has 102 valence electrons. The van der Waals surface area contributed by atoms with Crippen LogP contribution >= 0.6 is 27.3 Å². The lowest BCUT2D eigenvalue weighted by Gasteiger charge is -2.11. The van der Waals surface area contributed by atoms with Gasteiger partial charge in [0.05, 0.1) is 6.04 Å². The van der Waals surface area contributed by atoms with Gasteiger partial charge in [0.2, 0.25) is 0 Å². The largest absolute Gasteiger partial charge is 0.443 e. The molecule has 1 unspecified atom stereocenters. The Kier molecular flexibility index (Phi) is 3.98. The van der Waals surface area contributed by atoms with Crippen molar-refractivity contribution in [2.75, 3.05) is 0 Å². The van der Waals surface area contributed by atoms with E-state index in [1.165, 1.54) is 6.20 Å². The van der Waals surface area contributed by atoms with E-state index in [9.17, 15) is 13.2 Å². The molecule has 19 heavy (non-hydrogen) atoms. The molecule has 0 aliphatic rings. The van der Waals surface area contributed by atoms with Crippen molar-refractivity contribution in [3.63, 3.8) is 0 Å². The van der Waals surface area contributed by atoms with Gasteiger partial charge >= 0.3 is 6.18 Å². The molecule has 1 aromatic heterocycles. The van der Waals surface area contributed by atoms with Crippen molar-refractivity contribution < 1.29 is 13.2 Å². The van der Waals surface area contributed by atoms with Crippen LogP contribution in [-0.4, -0.2) is 4.98 Å². The zero-order chi connectivity index (χ0) is 14.2. The highest BCUT2D eigenvalue weighted by Gasteiger charge is 2.35. The van der Waals surface area contributed by atoms with Crippen molar-refractivity contribution in [1.82, 2.24) is 4.98 Å². The van der Waals surface area contributed by atoms with Crippen LogP contribution in [0.2, 0.25) is 0 Å². The maximum Gasteiger partial charge on any atom is 0.443 e. The zero-order valence-electron chi connectivity index (χ0n) is 9.83. The van der Waals surface area contributed by atoms with Gasteiger partial charge < -0.3 is 5.73 Å². The molecule has 7 heteroatoms. The molecule has 2 aromatic rings. The number of benzene rings is 1. The van der Waals surface area contributed by atoms with Crippen molar-refractivity contribution in [2.45, 2.75) is 19.1 Å². The van der Waals surface area contributed by atoms with E-state index in [0.29, 0.717) is 16.2 Å². The molecule has 1 heterocycles. The Morgan fingerprint density at radius 1 is 1.37 bits per heavy atom. The van der Waals surface area contributed by atoms with Crippen molar-refractivity contribution in [1.29, 1.82) is 0 Å². The fraction of sp³-hybridized carbons (Fsp3) is 0.250. The Labute approximate surface area is 120 Å². The summed E-state index contributed by atoms with van der Waals surface area (Å²) in [6.45, 7) is 1.90. The first-order chi connectivity index (χ1) is 8.79. The number of alkyl halides is 3. The fourth-order valence-electron chi connectivity index (χ4n) is 1.59. The highest BCUT2D eigenvalue weighted by atomic mass is 79.9. The maximum absolute atomic E-state index is 12.5. The van der Waals surface area contributed by atoms with Crippen LogP contribution < -0.4 is 5.73 Å². The molecule has 0 bridgehead atoms. The van der Waals surface area contributed by atoms with E-state index in [0.717, 1.165) is 15.6 Å². The topological polar surface area (TPSA) is 38.9 Å². The van der Waals surface area contributed by atoms with Crippen molar-refractivity contribution >= 4 is 27.3 Å². The molecule has 0 saturated carbocycles. The molecule has 1 aromatic carbocycles. The average Bonchev–Trinajstić information content (AvgIpc) is 2.81. The van der Waals surface area contributed by atoms with Crippen molar-refractivity contribution in [2.24, 2.45) is 5.73 Å². The highest BCUT2D eigenvalue weighted by Crippen LogP contribution is 2.35. The normalized spacial score (nSPS) is 13.6. The lowest BCUT2D eigenvalue weighted by Crippen LogP contribution is -2.10. The Morgan fingerprint density at radius 3 is 2.58 bits per heavy atom. The summed E-state index contributed by atoms with van der Waals surface area (Å²) in [6.07, 6.45) is -3.23. The second kappa shape index (κ2) is 5.22. The first-order valence-corrected chi connectivity index (χ1v) is 6.94. The summed E-state index contributed by atoms with van der Waals surface area (Å²) in [6, 6.07) is 4.87. The third-order valence-electron chi connectivity index (χ3n) is 2.61. The molecule has 2 rings (SSSR count). The molecule has 0 saturated heterocycles. The van der Waals surface area contributed by atoms with E-state index in [4.69, 9.17) is 5.73 Å². The second-order valence-electron chi connectivity index (χ2n) is 4.05. The van der Waals surface area contributed by atoms with Gasteiger partial charge in [-0.3, -0.25) is 0 Å². The number of nitrogens with zero attached hydrogens (tertiary/aromatic N) is 1. The summed E-state index contributed by atoms with van der Waals surface area (Å²) in [7, 11) is 0. The summed E-state index contributed by atoms with van der Waals surface area (Å²) in [5, 5.41) is -0.869. The third-order valence-corrected chi connectivity index (χ3v) is 4.63. The second-order valence-corrected chi connectivity index (χ2v) is 5.97. The highest BCUT2D eigenvalue weighted by molar-refractivity contribution is 9.10. The Hall–Kier alpha value is -0.920. The first kappa shape index (κ1) is 14.5. The lowest BCUT2D eigenvalue weighted by molar-refractivity contribution is -0.137. The lowest BCUT2D eigenvalue weighted by atomic mass is 10.0. The summed E-state index contributed by atoms with van der Waals surface area (Å²) in [4.78, 5) is 3.78. The predicted molar refractivity (Wildman–Crippen MR) is 72.0 cm³/mol. The molecule has 1 atom stereocenters. The van der Waals surface area contributed by atoms with E-state index in [2.05, 4.69) is 20.9 Å². The number of nitrogens with two attached hydrogens (primary N) is 1. The van der Waals surface area contributed by atoms with E-state index < -0.39 is 17.2 Å². The molecule has 2 nitrogen and oxygen atoms in total. The van der Waals surface area contributed by atoms with Crippen LogP contribution in [-0.2, 0) is 6.18 Å². The van der Waals surface area contributed by atoms with Crippen LogP contribution in [0, 0.1) is 6.92 Å². The van der Waals surface area contributed by atoms with Crippen LogP contribution in [0.3, 0.4) is 0 Å². The molecule has 0 radical (unpaired) electrons. The number of hydrogen-bond acceptors (Lipinski definition) is 3. The van der Waals surface area contributed by atoms with E-state index in [1.807, 2.05) is 19.1 Å². The minimum absolute atomic E-state index is 0.397. The zero-order valence-corrected chi connectivity index (χ0v) is 12.2. The van der Waals surface area contributed by atoms with Gasteiger partial charge in [-0.25, -0.2) is 4.98 Å². The third kappa shape index (κ3) is 3.16. The number of aromatic nitrogens is 1. The van der Waals surface area contributed by atoms with E-state index in [-0.39, 0.29) is 0 Å². The van der Waals surface area contributed by atoms with Crippen molar-refractivity contribution in [3.8, 4) is 0 Å². The van der Waals surface area contributed by atoms with Crippen LogP contribution in [0.1, 0.15) is 27.1 Å². The molecule has 2 N–H and O–H groups in total. The number of rotatable bonds is 2. The van der Waals surface area contributed by atoms with Crippen LogP contribution in [0.25, 0.3) is 0 Å². The van der Waals surface area contributed by atoms with E-state index >= 15 is 0 Å². The minimum atomic E-state index is -4.42. The quantitative estimate of drug-likeness (QED) is 0.877. The summed E-state index contributed by atoms with van der Waals surface area (Å²) in [5.41, 5.74) is 7.72. The van der Waals surface area contributed by atoms with Gasteiger partial charge in [-0.1, -0.05) is 28.1 Å². The monoisotopic (exact) mass is 350 g/mol. The average molecular weight is 351 g/mol. The molecule has 0 aliphatic heterocycles. The molecule has 0 amide bonds. The standard InChI is InChI=1S/C12H10BrF3N2S/c1-6-4-7(2-3-8(6)13)10(17)9-5-18-11(19-9)12(14,15)16/h2-5,10H,17H2,1H3. The van der Waals surface area contributed by atoms with Crippen LogP contribution in [0.4, 0.5) is 13.2 Å². The number of halogens is 4. The predicted octanol–water partition coefficient (Wildman–Crippen LogP) is 4.28. The molecular weight excluding hydrogens is 341 g/mol. The summed E-state index contributed by atoms with van der Waals surface area (Å²) >= 11 is 3.95. The van der Waals surface area contributed by atoms with E-state index in [1.54, 1.807) is 6.07 Å². The van der Waals surface area contributed by atoms with Gasteiger partial charge in [-0.05, 0) is 24.1 Å². The van der Waals surface area contributed by atoms with Gasteiger partial charge in [-0.15, -0.1) is 11.3 Å². The van der Waals surface area contributed by atoms with Crippen LogP contribution in [0.5, 0.6) is 0 Å². The van der Waals surface area contributed by atoms with Gasteiger partial charge in [0, 0.05) is 15.5 Å². The maximum atomic E-state index is 12.5. The minimum Gasteiger partial charge on any atom is -0.320 e. The number of hydrogen-bond donors (Lipinski definition) is 1. The van der Waals surface area contributed by atoms with Crippen LogP contribution in [0.15, 0.2) is 28.9 Å². The van der Waals surface area contributed by atoms with Crippen molar-refractivity contribution in [3.05, 3.63) is 49.9 Å². The molecule has 0 fully saturated rings. The smallest absolute Gasteiger partial charge is 0.320 e. The SMILES string of the molecule is Cc1cc(C(N)c2cnc(C(F)(F)F)s2)ccc1Br. The van der Waals surface area contributed by atoms with Gasteiger partial charge in [0.15, 0.2) is 5.01 Å². The Morgan fingerprint density at radius 2 is 2.05 bits per heavy atom. The molecule has 0 spiro atoms. The van der Waals surface area contributed by atoms with Gasteiger partial charge in [0.1, 0.15) is 0 Å². The number of thiazole rings is 1. The fourth-order valence-corrected chi connectivity index (χ4v) is 2.65. The first-order valence-electron chi connectivity index (χ1n) is 5.33. The summed E-state index contributed by atoms with van der Waals surface area (Å²) in [5.74, 6) is 0. The van der Waals surface area contributed by atoms with Gasteiger partial charge in [0.25, 0.3) is 0 Å². The Bertz CT molecular complexity index is 595. The Balaban J connectivity index is 2.31.